The van der Waals surface area contributed by atoms with E-state index in [1.165, 1.54) is 43.3 Å². The van der Waals surface area contributed by atoms with E-state index in [0.717, 1.165) is 19.3 Å². The molecule has 0 aromatic carbocycles. The van der Waals surface area contributed by atoms with Gasteiger partial charge in [-0.2, -0.15) is 0 Å². The third-order valence-corrected chi connectivity index (χ3v) is 11.9. The monoisotopic (exact) mass is 476 g/mol. The summed E-state index contributed by atoms with van der Waals surface area (Å²) >= 11 is 0. The van der Waals surface area contributed by atoms with Gasteiger partial charge in [0.05, 0.1) is 17.8 Å². The molecule has 0 aromatic heterocycles. The van der Waals surface area contributed by atoms with E-state index in [2.05, 4.69) is 41.5 Å². The molecule has 0 aromatic rings. The Bertz CT molecular complexity index is 824. The maximum atomic E-state index is 11.8. The maximum Gasteiger partial charge on any atom is 0.108 e. The van der Waals surface area contributed by atoms with E-state index in [1.54, 1.807) is 13.8 Å². The molecule has 0 spiro atoms. The average Bonchev–Trinajstić information content (AvgIpc) is 3.03. The summed E-state index contributed by atoms with van der Waals surface area (Å²) in [6.07, 6.45) is 7.11. The standard InChI is InChI=1S/C30H52O4/c1-18(16-22(32)25(33)27(4,5)34)19-10-14-29(7)20(19)17-21(31)24-28(6)13-9-12-26(2,3)23(28)11-15-30(24,29)8/h18,21-25,31-34H,9-17H2,1-8H3/t18-,21+,22+,23+,24+,25-,28+,29+,30+/m1/s1. The van der Waals surface area contributed by atoms with Crippen LogP contribution in [0.3, 0.4) is 0 Å². The van der Waals surface area contributed by atoms with Crippen molar-refractivity contribution in [3.63, 3.8) is 0 Å². The Morgan fingerprint density at radius 2 is 1.65 bits per heavy atom. The quantitative estimate of drug-likeness (QED) is 0.389. The molecule has 4 N–H and O–H groups in total. The van der Waals surface area contributed by atoms with Crippen LogP contribution in [0.25, 0.3) is 0 Å². The van der Waals surface area contributed by atoms with Crippen molar-refractivity contribution in [3.8, 4) is 0 Å². The zero-order valence-corrected chi connectivity index (χ0v) is 23.1. The number of allylic oxidation sites excluding steroid dienone is 1. The highest BCUT2D eigenvalue weighted by Gasteiger charge is 2.68. The zero-order chi connectivity index (χ0) is 25.5. The summed E-state index contributed by atoms with van der Waals surface area (Å²) in [5.74, 6) is 1.12. The summed E-state index contributed by atoms with van der Waals surface area (Å²) in [5, 5.41) is 43.0. The average molecular weight is 477 g/mol. The molecule has 0 amide bonds. The van der Waals surface area contributed by atoms with Crippen LogP contribution in [0, 0.1) is 39.4 Å². The Morgan fingerprint density at radius 3 is 2.26 bits per heavy atom. The topological polar surface area (TPSA) is 80.9 Å². The molecular formula is C30H52O4. The first-order valence-electron chi connectivity index (χ1n) is 14.0. The van der Waals surface area contributed by atoms with Gasteiger partial charge in [-0.3, -0.25) is 0 Å². The number of hydrogen-bond donors (Lipinski definition) is 4. The predicted molar refractivity (Wildman–Crippen MR) is 137 cm³/mol. The molecule has 9 atom stereocenters. The molecule has 196 valence electrons. The lowest BCUT2D eigenvalue weighted by atomic mass is 9.36. The van der Waals surface area contributed by atoms with Gasteiger partial charge in [0.25, 0.3) is 0 Å². The molecular weight excluding hydrogens is 424 g/mol. The lowest BCUT2D eigenvalue weighted by molar-refractivity contribution is -0.209. The highest BCUT2D eigenvalue weighted by molar-refractivity contribution is 5.37. The third kappa shape index (κ3) is 3.76. The first-order chi connectivity index (χ1) is 15.5. The summed E-state index contributed by atoms with van der Waals surface area (Å²) in [6.45, 7) is 17.6. The lowest BCUT2D eigenvalue weighted by Crippen LogP contribution is -2.64. The summed E-state index contributed by atoms with van der Waals surface area (Å²) in [7, 11) is 0. The van der Waals surface area contributed by atoms with E-state index in [0.29, 0.717) is 23.7 Å². The minimum atomic E-state index is -1.33. The molecule has 34 heavy (non-hydrogen) atoms. The van der Waals surface area contributed by atoms with Crippen LogP contribution in [-0.2, 0) is 0 Å². The highest BCUT2D eigenvalue weighted by atomic mass is 16.4. The van der Waals surface area contributed by atoms with Gasteiger partial charge in [-0.1, -0.05) is 59.1 Å². The van der Waals surface area contributed by atoms with Gasteiger partial charge in [0, 0.05) is 0 Å². The van der Waals surface area contributed by atoms with Crippen LogP contribution in [0.1, 0.15) is 113 Å². The van der Waals surface area contributed by atoms with Crippen molar-refractivity contribution < 1.29 is 20.4 Å². The van der Waals surface area contributed by atoms with E-state index < -0.39 is 17.8 Å². The zero-order valence-electron chi connectivity index (χ0n) is 23.1. The van der Waals surface area contributed by atoms with E-state index in [-0.39, 0.29) is 28.3 Å². The molecule has 3 fully saturated rings. The highest BCUT2D eigenvalue weighted by Crippen LogP contribution is 2.74. The fraction of sp³-hybridized carbons (Fsp3) is 0.933. The van der Waals surface area contributed by atoms with Crippen LogP contribution < -0.4 is 0 Å². The molecule has 4 heteroatoms. The van der Waals surface area contributed by atoms with Crippen LogP contribution in [0.15, 0.2) is 11.1 Å². The molecule has 4 rings (SSSR count). The third-order valence-electron chi connectivity index (χ3n) is 11.9. The Kier molecular flexibility index (Phi) is 6.50. The van der Waals surface area contributed by atoms with Crippen molar-refractivity contribution in [2.45, 2.75) is 137 Å². The maximum absolute atomic E-state index is 11.8. The number of aliphatic hydroxyl groups excluding tert-OH is 3. The van der Waals surface area contributed by atoms with Crippen molar-refractivity contribution >= 4 is 0 Å². The molecule has 0 bridgehead atoms. The van der Waals surface area contributed by atoms with Crippen molar-refractivity contribution in [2.75, 3.05) is 0 Å². The Hall–Kier alpha value is -0.420. The predicted octanol–water partition coefficient (Wildman–Crippen LogP) is 5.62. The summed E-state index contributed by atoms with van der Waals surface area (Å²) < 4.78 is 0. The Labute approximate surface area is 208 Å². The van der Waals surface area contributed by atoms with Gasteiger partial charge >= 0.3 is 0 Å². The van der Waals surface area contributed by atoms with Crippen LogP contribution in [0.2, 0.25) is 0 Å². The van der Waals surface area contributed by atoms with E-state index in [1.807, 2.05) is 0 Å². The first-order valence-corrected chi connectivity index (χ1v) is 14.0. The van der Waals surface area contributed by atoms with Gasteiger partial charge in [0.2, 0.25) is 0 Å². The van der Waals surface area contributed by atoms with Crippen LogP contribution in [-0.4, -0.2) is 44.3 Å². The van der Waals surface area contributed by atoms with Crippen LogP contribution in [0.5, 0.6) is 0 Å². The second-order valence-electron chi connectivity index (χ2n) is 14.7. The van der Waals surface area contributed by atoms with E-state index >= 15 is 0 Å². The largest absolute Gasteiger partial charge is 0.392 e. The molecule has 0 aliphatic heterocycles. The lowest BCUT2D eigenvalue weighted by Gasteiger charge is -2.69. The number of fused-ring (bicyclic) bond motifs is 5. The smallest absolute Gasteiger partial charge is 0.108 e. The Morgan fingerprint density at radius 1 is 1.00 bits per heavy atom. The van der Waals surface area contributed by atoms with Crippen molar-refractivity contribution in [1.29, 1.82) is 0 Å². The molecule has 0 unspecified atom stereocenters. The summed E-state index contributed by atoms with van der Waals surface area (Å²) in [5.41, 5.74) is 2.18. The summed E-state index contributed by atoms with van der Waals surface area (Å²) in [4.78, 5) is 0. The molecule has 0 heterocycles. The normalized spacial score (nSPS) is 44.6. The van der Waals surface area contributed by atoms with E-state index in [9.17, 15) is 20.4 Å². The van der Waals surface area contributed by atoms with Crippen LogP contribution in [0.4, 0.5) is 0 Å². The second kappa shape index (κ2) is 8.30. The number of rotatable bonds is 5. The van der Waals surface area contributed by atoms with Gasteiger partial charge < -0.3 is 20.4 Å². The van der Waals surface area contributed by atoms with Crippen molar-refractivity contribution in [2.24, 2.45) is 39.4 Å². The van der Waals surface area contributed by atoms with Crippen LogP contribution >= 0.6 is 0 Å². The molecule has 0 radical (unpaired) electrons. The number of hydrogen-bond acceptors (Lipinski definition) is 4. The minimum absolute atomic E-state index is 0.0748. The first kappa shape index (κ1) is 26.6. The van der Waals surface area contributed by atoms with Gasteiger partial charge in [0.15, 0.2) is 0 Å². The van der Waals surface area contributed by atoms with Gasteiger partial charge in [0.1, 0.15) is 6.10 Å². The Balaban J connectivity index is 1.66. The fourth-order valence-electron chi connectivity index (χ4n) is 10.1. The van der Waals surface area contributed by atoms with Crippen molar-refractivity contribution in [3.05, 3.63) is 11.1 Å². The van der Waals surface area contributed by atoms with E-state index in [4.69, 9.17) is 0 Å². The molecule has 0 saturated heterocycles. The second-order valence-corrected chi connectivity index (χ2v) is 14.7. The molecule has 3 saturated carbocycles. The number of aliphatic hydroxyl groups is 4. The summed E-state index contributed by atoms with van der Waals surface area (Å²) in [6, 6.07) is 0. The van der Waals surface area contributed by atoms with Gasteiger partial charge in [-0.15, -0.1) is 0 Å². The molecule has 4 aliphatic carbocycles. The van der Waals surface area contributed by atoms with Gasteiger partial charge in [-0.05, 0) is 105 Å². The fourth-order valence-corrected chi connectivity index (χ4v) is 10.1. The molecule has 4 nitrogen and oxygen atoms in total. The van der Waals surface area contributed by atoms with Gasteiger partial charge in [-0.25, -0.2) is 0 Å². The molecule has 4 aliphatic rings. The SMILES string of the molecule is C[C@H](C[C@H](O)[C@@H](O)C(C)(C)O)C1=C2C[C@H](O)[C@H]3[C@@]4(C)CCCC(C)(C)[C@@H]4CC[C@]3(C)[C@@]2(C)CC1. The van der Waals surface area contributed by atoms with Crippen molar-refractivity contribution in [1.82, 2.24) is 0 Å². The minimum Gasteiger partial charge on any atom is -0.392 e.